The van der Waals surface area contributed by atoms with E-state index in [9.17, 15) is 5.11 Å². The predicted molar refractivity (Wildman–Crippen MR) is 64.3 cm³/mol. The maximum atomic E-state index is 9.34. The van der Waals surface area contributed by atoms with Gasteiger partial charge in [-0.3, -0.25) is 0 Å². The molecule has 0 radical (unpaired) electrons. The first kappa shape index (κ1) is 12.6. The summed E-state index contributed by atoms with van der Waals surface area (Å²) in [5.74, 6) is 1.07. The second kappa shape index (κ2) is 6.88. The van der Waals surface area contributed by atoms with Crippen LogP contribution in [0.3, 0.4) is 0 Å². The third kappa shape index (κ3) is 4.69. The Kier molecular flexibility index (Phi) is 5.76. The highest BCUT2D eigenvalue weighted by Gasteiger charge is 2.00. The third-order valence-electron chi connectivity index (χ3n) is 2.12. The van der Waals surface area contributed by atoms with Gasteiger partial charge in [0.15, 0.2) is 0 Å². The molecule has 0 aromatic heterocycles. The van der Waals surface area contributed by atoms with Crippen LogP contribution in [0.2, 0.25) is 0 Å². The Morgan fingerprint density at radius 2 is 2.00 bits per heavy atom. The van der Waals surface area contributed by atoms with Crippen LogP contribution in [0.25, 0.3) is 0 Å². The van der Waals surface area contributed by atoms with Crippen molar-refractivity contribution in [3.05, 3.63) is 29.8 Å². The van der Waals surface area contributed by atoms with E-state index in [0.29, 0.717) is 0 Å². The number of aliphatic hydroxyl groups is 1. The van der Waals surface area contributed by atoms with E-state index in [2.05, 4.69) is 12.1 Å². The van der Waals surface area contributed by atoms with E-state index < -0.39 is 0 Å². The molecule has 1 unspecified atom stereocenters. The van der Waals surface area contributed by atoms with Crippen molar-refractivity contribution in [3.8, 4) is 0 Å². The molecule has 0 bridgehead atoms. The highest BCUT2D eigenvalue weighted by molar-refractivity contribution is 7.99. The van der Waals surface area contributed by atoms with Gasteiger partial charge in [-0.15, -0.1) is 11.8 Å². The van der Waals surface area contributed by atoms with Crippen LogP contribution < -0.4 is 0 Å². The Balaban J connectivity index is 2.36. The average molecular weight is 226 g/mol. The predicted octanol–water partition coefficient (Wildman–Crippen LogP) is 2.87. The molecule has 0 spiro atoms. The van der Waals surface area contributed by atoms with Crippen molar-refractivity contribution in [2.24, 2.45) is 0 Å². The Morgan fingerprint density at radius 1 is 1.33 bits per heavy atom. The van der Waals surface area contributed by atoms with Crippen molar-refractivity contribution in [1.29, 1.82) is 0 Å². The summed E-state index contributed by atoms with van der Waals surface area (Å²) in [5, 5.41) is 9.34. The molecule has 1 rings (SSSR count). The maximum absolute atomic E-state index is 9.34. The number of hydrogen-bond donors (Lipinski definition) is 1. The largest absolute Gasteiger partial charge is 0.389 e. The molecule has 3 heteroatoms. The molecule has 0 saturated carbocycles. The van der Waals surface area contributed by atoms with Crippen LogP contribution in [0.1, 0.15) is 25.0 Å². The van der Waals surface area contributed by atoms with E-state index in [1.165, 1.54) is 4.90 Å². The van der Waals surface area contributed by atoms with E-state index in [-0.39, 0.29) is 6.10 Å². The van der Waals surface area contributed by atoms with Crippen LogP contribution >= 0.6 is 11.8 Å². The smallest absolute Gasteiger partial charge is 0.0761 e. The molecule has 0 saturated heterocycles. The molecule has 1 atom stereocenters. The monoisotopic (exact) mass is 226 g/mol. The Hall–Kier alpha value is -0.510. The van der Waals surface area contributed by atoms with E-state index >= 15 is 0 Å². The lowest BCUT2D eigenvalue weighted by Gasteiger charge is -2.06. The molecule has 1 aromatic rings. The van der Waals surface area contributed by atoms with Gasteiger partial charge in [0.25, 0.3) is 0 Å². The zero-order valence-corrected chi connectivity index (χ0v) is 10.1. The molecule has 0 aliphatic heterocycles. The summed E-state index contributed by atoms with van der Waals surface area (Å²) in [6, 6.07) is 8.06. The lowest BCUT2D eigenvalue weighted by Crippen LogP contribution is -1.91. The summed E-state index contributed by atoms with van der Waals surface area (Å²) in [6.45, 7) is 2.60. The van der Waals surface area contributed by atoms with E-state index in [1.807, 2.05) is 23.9 Å². The van der Waals surface area contributed by atoms with Crippen LogP contribution in [-0.2, 0) is 4.74 Å². The van der Waals surface area contributed by atoms with Crippen molar-refractivity contribution in [1.82, 2.24) is 0 Å². The summed E-state index contributed by atoms with van der Waals surface area (Å²) in [6.07, 6.45) is 0.691. The second-order valence-corrected chi connectivity index (χ2v) is 4.61. The van der Waals surface area contributed by atoms with Crippen LogP contribution in [0.15, 0.2) is 29.2 Å². The lowest BCUT2D eigenvalue weighted by atomic mass is 10.1. The maximum Gasteiger partial charge on any atom is 0.0761 e. The van der Waals surface area contributed by atoms with Gasteiger partial charge in [0.05, 0.1) is 6.10 Å². The second-order valence-electron chi connectivity index (χ2n) is 3.44. The molecule has 0 aliphatic rings. The lowest BCUT2D eigenvalue weighted by molar-refractivity contribution is 0.199. The number of thioether (sulfide) groups is 1. The van der Waals surface area contributed by atoms with E-state index in [4.69, 9.17) is 4.74 Å². The number of rotatable bonds is 6. The van der Waals surface area contributed by atoms with Gasteiger partial charge in [-0.1, -0.05) is 12.1 Å². The summed E-state index contributed by atoms with van der Waals surface area (Å²) in [5.41, 5.74) is 0.969. The standard InChI is InChI=1S/C12H18O2S/c1-10(13)11-4-6-12(7-5-11)15-9-3-8-14-2/h4-7,10,13H,3,8-9H2,1-2H3. The summed E-state index contributed by atoms with van der Waals surface area (Å²) >= 11 is 1.82. The van der Waals surface area contributed by atoms with Gasteiger partial charge in [-0.25, -0.2) is 0 Å². The summed E-state index contributed by atoms with van der Waals surface area (Å²) < 4.78 is 4.98. The third-order valence-corrected chi connectivity index (χ3v) is 3.22. The van der Waals surface area contributed by atoms with E-state index in [0.717, 1.165) is 24.3 Å². The minimum Gasteiger partial charge on any atom is -0.389 e. The van der Waals surface area contributed by atoms with Crippen molar-refractivity contribution in [2.75, 3.05) is 19.5 Å². The topological polar surface area (TPSA) is 29.5 Å². The minimum absolute atomic E-state index is 0.377. The molecular weight excluding hydrogens is 208 g/mol. The van der Waals surface area contributed by atoms with Gasteiger partial charge >= 0.3 is 0 Å². The Bertz CT molecular complexity index is 269. The fraction of sp³-hybridized carbons (Fsp3) is 0.500. The van der Waals surface area contributed by atoms with Gasteiger partial charge in [0, 0.05) is 24.4 Å². The number of hydrogen-bond acceptors (Lipinski definition) is 3. The number of ether oxygens (including phenoxy) is 1. The Labute approximate surface area is 95.7 Å². The molecule has 84 valence electrons. The minimum atomic E-state index is -0.377. The van der Waals surface area contributed by atoms with Crippen molar-refractivity contribution in [3.63, 3.8) is 0 Å². The van der Waals surface area contributed by atoms with Gasteiger partial charge < -0.3 is 9.84 Å². The van der Waals surface area contributed by atoms with Gasteiger partial charge in [-0.2, -0.15) is 0 Å². The highest BCUT2D eigenvalue weighted by atomic mass is 32.2. The first-order valence-electron chi connectivity index (χ1n) is 5.14. The fourth-order valence-corrected chi connectivity index (χ4v) is 2.06. The zero-order chi connectivity index (χ0) is 11.1. The van der Waals surface area contributed by atoms with Crippen LogP contribution in [0.4, 0.5) is 0 Å². The number of benzene rings is 1. The van der Waals surface area contributed by atoms with Crippen LogP contribution in [0.5, 0.6) is 0 Å². The highest BCUT2D eigenvalue weighted by Crippen LogP contribution is 2.21. The molecule has 15 heavy (non-hydrogen) atoms. The number of aliphatic hydroxyl groups excluding tert-OH is 1. The first-order valence-corrected chi connectivity index (χ1v) is 6.12. The van der Waals surface area contributed by atoms with Crippen molar-refractivity contribution in [2.45, 2.75) is 24.3 Å². The normalized spacial score (nSPS) is 12.7. The molecule has 1 aromatic carbocycles. The van der Waals surface area contributed by atoms with Gasteiger partial charge in [-0.05, 0) is 31.0 Å². The molecule has 0 aliphatic carbocycles. The molecule has 2 nitrogen and oxygen atoms in total. The molecule has 0 amide bonds. The summed E-state index contributed by atoms with van der Waals surface area (Å²) in [7, 11) is 1.72. The first-order chi connectivity index (χ1) is 7.24. The number of methoxy groups -OCH3 is 1. The van der Waals surface area contributed by atoms with Crippen LogP contribution in [-0.4, -0.2) is 24.6 Å². The summed E-state index contributed by atoms with van der Waals surface area (Å²) in [4.78, 5) is 1.25. The van der Waals surface area contributed by atoms with Crippen molar-refractivity contribution < 1.29 is 9.84 Å². The quantitative estimate of drug-likeness (QED) is 0.597. The Morgan fingerprint density at radius 3 is 2.53 bits per heavy atom. The molecule has 1 N–H and O–H groups in total. The SMILES string of the molecule is COCCCSc1ccc(C(C)O)cc1. The van der Waals surface area contributed by atoms with Crippen LogP contribution in [0, 0.1) is 0 Å². The molecular formula is C12H18O2S. The van der Waals surface area contributed by atoms with E-state index in [1.54, 1.807) is 14.0 Å². The molecule has 0 fully saturated rings. The molecule has 0 heterocycles. The average Bonchev–Trinajstić information content (AvgIpc) is 2.25. The van der Waals surface area contributed by atoms with Gasteiger partial charge in [0.2, 0.25) is 0 Å². The van der Waals surface area contributed by atoms with Crippen molar-refractivity contribution >= 4 is 11.8 Å². The fourth-order valence-electron chi connectivity index (χ4n) is 1.24. The van der Waals surface area contributed by atoms with Gasteiger partial charge in [0.1, 0.15) is 0 Å². The zero-order valence-electron chi connectivity index (χ0n) is 9.27.